The molecule has 2 aliphatic heterocycles. The van der Waals surface area contributed by atoms with Gasteiger partial charge in [-0.3, -0.25) is 23.4 Å². The summed E-state index contributed by atoms with van der Waals surface area (Å²) in [6.45, 7) is 3.30. The molecule has 200 valence electrons. The average Bonchev–Trinajstić information content (AvgIpc) is 3.06. The van der Waals surface area contributed by atoms with E-state index in [0.29, 0.717) is 0 Å². The first-order valence-corrected chi connectivity index (χ1v) is 13.4. The predicted molar refractivity (Wildman–Crippen MR) is 114 cm³/mol. The van der Waals surface area contributed by atoms with Crippen LogP contribution in [0.4, 0.5) is 0 Å². The molecule has 0 aromatic carbocycles. The van der Waals surface area contributed by atoms with E-state index < -0.39 is 82.5 Å². The van der Waals surface area contributed by atoms with E-state index in [0.717, 1.165) is 4.57 Å². The number of nitrogens with one attached hydrogen (secondary N) is 1. The second-order valence-electron chi connectivity index (χ2n) is 8.61. The van der Waals surface area contributed by atoms with Crippen molar-refractivity contribution in [2.45, 2.75) is 76.1 Å². The molecule has 3 unspecified atom stereocenters. The molecular weight excluding hydrogens is 518 g/mol. The third-order valence-electron chi connectivity index (χ3n) is 5.55. The number of phosphoric ester groups is 2. The summed E-state index contributed by atoms with van der Waals surface area (Å²) in [5.41, 5.74) is -2.91. The number of aromatic amines is 1. The van der Waals surface area contributed by atoms with Crippen molar-refractivity contribution >= 4 is 15.6 Å². The molecule has 3 rings (SSSR count). The number of hydrogen-bond donors (Lipinski definition) is 6. The Labute approximate surface area is 198 Å². The number of aryl methyl sites for hydroxylation is 1. The summed E-state index contributed by atoms with van der Waals surface area (Å²) in [7, 11) is -10.5. The highest BCUT2D eigenvalue weighted by Crippen LogP contribution is 2.61. The molecule has 2 aliphatic rings. The van der Waals surface area contributed by atoms with E-state index in [4.69, 9.17) is 14.0 Å². The van der Waals surface area contributed by atoms with Gasteiger partial charge in [0.15, 0.2) is 6.29 Å². The zero-order valence-electron chi connectivity index (χ0n) is 18.9. The fourth-order valence-corrected chi connectivity index (χ4v) is 5.86. The summed E-state index contributed by atoms with van der Waals surface area (Å²) in [6, 6.07) is 0. The Hall–Kier alpha value is -1.26. The fourth-order valence-electron chi connectivity index (χ4n) is 3.71. The number of ether oxygens (including phenoxy) is 2. The Balaban J connectivity index is 1.58. The first-order valence-electron chi connectivity index (χ1n) is 10.4. The molecule has 0 radical (unpaired) electrons. The van der Waals surface area contributed by atoms with Crippen LogP contribution in [0, 0.1) is 6.92 Å². The van der Waals surface area contributed by atoms with Gasteiger partial charge in [-0.05, 0) is 20.8 Å². The number of nitrogens with zero attached hydrogens (tertiary/aromatic N) is 1. The van der Waals surface area contributed by atoms with Gasteiger partial charge in [0.1, 0.15) is 18.4 Å². The number of H-pyrrole nitrogens is 1. The van der Waals surface area contributed by atoms with E-state index in [2.05, 4.69) is 13.8 Å². The first kappa shape index (κ1) is 28.3. The van der Waals surface area contributed by atoms with Gasteiger partial charge in [-0.15, -0.1) is 0 Å². The van der Waals surface area contributed by atoms with E-state index in [1.165, 1.54) is 27.0 Å². The summed E-state index contributed by atoms with van der Waals surface area (Å²) in [4.78, 5) is 45.3. The van der Waals surface area contributed by atoms with Gasteiger partial charge in [-0.25, -0.2) is 13.9 Å². The maximum Gasteiger partial charge on any atom is 0.483 e. The highest BCUT2D eigenvalue weighted by Gasteiger charge is 2.47. The van der Waals surface area contributed by atoms with Gasteiger partial charge in [0.25, 0.3) is 5.56 Å². The molecule has 0 amide bonds. The van der Waals surface area contributed by atoms with Crippen LogP contribution >= 0.6 is 15.6 Å². The number of aliphatic hydroxyl groups is 3. The third kappa shape index (κ3) is 6.95. The van der Waals surface area contributed by atoms with Crippen LogP contribution in [-0.2, 0) is 32.0 Å². The molecule has 35 heavy (non-hydrogen) atoms. The van der Waals surface area contributed by atoms with Crippen molar-refractivity contribution in [2.75, 3.05) is 6.61 Å². The molecular formula is C17H28N2O14P2. The zero-order chi connectivity index (χ0) is 26.3. The summed E-state index contributed by atoms with van der Waals surface area (Å²) >= 11 is 0. The van der Waals surface area contributed by atoms with Gasteiger partial charge in [0.05, 0.1) is 24.4 Å². The van der Waals surface area contributed by atoms with Gasteiger partial charge in [0, 0.05) is 24.6 Å². The van der Waals surface area contributed by atoms with Crippen molar-refractivity contribution in [3.8, 4) is 0 Å². The molecule has 0 bridgehead atoms. The molecule has 0 aliphatic carbocycles. The number of hydrogen-bond acceptors (Lipinski definition) is 12. The molecule has 0 saturated carbocycles. The highest BCUT2D eigenvalue weighted by molar-refractivity contribution is 7.61. The van der Waals surface area contributed by atoms with Crippen molar-refractivity contribution in [2.24, 2.45) is 0 Å². The standard InChI is InChI=1S/C17H28N2O14P2/c1-8-6-19(16(23)18-15(8)22)12-4-10(20)11(31-12)7-29-34(25,26)33-35(27,28)32-13-5-17(3,24)14(21)9(2)30-13/h6,9-14,20-21,24H,4-5,7H2,1-3H3,(H,25,26)(H,27,28)(H,18,22,23)/t9-,10-,11+,12+,13?,14-,17+/m0/s1. The van der Waals surface area contributed by atoms with Crippen LogP contribution in [0.5, 0.6) is 0 Å². The van der Waals surface area contributed by atoms with Crippen LogP contribution in [0.25, 0.3) is 0 Å². The lowest BCUT2D eigenvalue weighted by atomic mass is 9.89. The fraction of sp³-hybridized carbons (Fsp3) is 0.765. The molecule has 1 aromatic rings. The number of rotatable bonds is 8. The molecule has 6 N–H and O–H groups in total. The van der Waals surface area contributed by atoms with Crippen LogP contribution in [-0.4, -0.2) is 77.6 Å². The largest absolute Gasteiger partial charge is 0.483 e. The molecule has 18 heteroatoms. The maximum absolute atomic E-state index is 12.2. The quantitative estimate of drug-likeness (QED) is 0.214. The topological polar surface area (TPSA) is 236 Å². The van der Waals surface area contributed by atoms with Crippen LogP contribution in [0.15, 0.2) is 15.8 Å². The molecule has 0 spiro atoms. The van der Waals surface area contributed by atoms with Crippen molar-refractivity contribution in [3.63, 3.8) is 0 Å². The summed E-state index contributed by atoms with van der Waals surface area (Å²) in [5.74, 6) is 0. The van der Waals surface area contributed by atoms with Crippen LogP contribution in [0.1, 0.15) is 38.5 Å². The minimum Gasteiger partial charge on any atom is -0.390 e. The Morgan fingerprint density at radius 1 is 1.23 bits per heavy atom. The van der Waals surface area contributed by atoms with E-state index in [1.54, 1.807) is 0 Å². The van der Waals surface area contributed by atoms with E-state index in [1.807, 2.05) is 0 Å². The lowest BCUT2D eigenvalue weighted by Gasteiger charge is -2.41. The molecule has 16 nitrogen and oxygen atoms in total. The number of phosphoric acid groups is 2. The summed E-state index contributed by atoms with van der Waals surface area (Å²) in [5, 5.41) is 30.2. The summed E-state index contributed by atoms with van der Waals surface area (Å²) < 4.78 is 49.7. The Morgan fingerprint density at radius 3 is 2.51 bits per heavy atom. The minimum absolute atomic E-state index is 0.124. The average molecular weight is 546 g/mol. The summed E-state index contributed by atoms with van der Waals surface area (Å²) in [6.07, 6.45) is -6.73. The molecule has 1 aromatic heterocycles. The van der Waals surface area contributed by atoms with Gasteiger partial charge in [-0.1, -0.05) is 0 Å². The Kier molecular flexibility index (Phi) is 8.29. The SMILES string of the molecule is Cc1cn([C@H]2C[C@H](O)[C@@H](COP(=O)(O)OP(=O)(O)OC3C[C@@](C)(O)[C@@H](O)[C@H](C)O3)O2)c(=O)[nH]c1=O. The van der Waals surface area contributed by atoms with Crippen LogP contribution < -0.4 is 11.2 Å². The van der Waals surface area contributed by atoms with E-state index in [-0.39, 0.29) is 12.0 Å². The van der Waals surface area contributed by atoms with Crippen LogP contribution in [0.3, 0.4) is 0 Å². The highest BCUT2D eigenvalue weighted by atomic mass is 31.3. The van der Waals surface area contributed by atoms with Gasteiger partial charge < -0.3 is 34.6 Å². The second-order valence-corrected chi connectivity index (χ2v) is 11.6. The monoisotopic (exact) mass is 546 g/mol. The molecule has 3 heterocycles. The lowest BCUT2D eigenvalue weighted by Crippen LogP contribution is -2.54. The van der Waals surface area contributed by atoms with Gasteiger partial charge in [0.2, 0.25) is 0 Å². The van der Waals surface area contributed by atoms with Crippen molar-refractivity contribution in [1.82, 2.24) is 9.55 Å². The van der Waals surface area contributed by atoms with Crippen molar-refractivity contribution in [3.05, 3.63) is 32.6 Å². The second kappa shape index (κ2) is 10.2. The normalized spacial score (nSPS) is 37.0. The zero-order valence-corrected chi connectivity index (χ0v) is 20.7. The Morgan fingerprint density at radius 2 is 1.89 bits per heavy atom. The third-order valence-corrected chi connectivity index (χ3v) is 8.18. The lowest BCUT2D eigenvalue weighted by molar-refractivity contribution is -0.251. The van der Waals surface area contributed by atoms with Crippen molar-refractivity contribution in [1.29, 1.82) is 0 Å². The van der Waals surface area contributed by atoms with Crippen LogP contribution in [0.2, 0.25) is 0 Å². The first-order chi connectivity index (χ1) is 16.0. The van der Waals surface area contributed by atoms with Gasteiger partial charge >= 0.3 is 21.3 Å². The van der Waals surface area contributed by atoms with E-state index >= 15 is 0 Å². The molecule has 2 saturated heterocycles. The Bertz CT molecular complexity index is 1130. The number of aromatic nitrogens is 2. The molecule has 9 atom stereocenters. The number of aliphatic hydroxyl groups excluding tert-OH is 2. The smallest absolute Gasteiger partial charge is 0.390 e. The van der Waals surface area contributed by atoms with Gasteiger partial charge in [-0.2, -0.15) is 4.31 Å². The van der Waals surface area contributed by atoms with E-state index in [9.17, 15) is 43.8 Å². The minimum atomic E-state index is -5.28. The predicted octanol–water partition coefficient (Wildman–Crippen LogP) is -1.01. The maximum atomic E-state index is 12.2. The van der Waals surface area contributed by atoms with Crippen molar-refractivity contribution < 1.29 is 57.1 Å². The molecule has 2 fully saturated rings.